The van der Waals surface area contributed by atoms with Crippen molar-refractivity contribution in [3.05, 3.63) is 40.5 Å². The molecule has 0 saturated heterocycles. The number of hydrogen-bond donors (Lipinski definition) is 0. The van der Waals surface area contributed by atoms with Crippen LogP contribution in [0.1, 0.15) is 48.7 Å². The third-order valence-electron chi connectivity index (χ3n) is 4.05. The molecule has 0 saturated carbocycles. The molecule has 0 atom stereocenters. The SMILES string of the molecule is CCC(CC)c1nn2cc(-c3ccc(C)cc3C)nc2s1. The summed E-state index contributed by atoms with van der Waals surface area (Å²) in [4.78, 5) is 5.76. The normalized spacial score (nSPS) is 11.7. The van der Waals surface area contributed by atoms with Crippen LogP contribution in [-0.2, 0) is 0 Å². The Balaban J connectivity index is 2.00. The lowest BCUT2D eigenvalue weighted by Crippen LogP contribution is -1.95. The lowest BCUT2D eigenvalue weighted by atomic mass is 10.0. The maximum Gasteiger partial charge on any atom is 0.212 e. The van der Waals surface area contributed by atoms with Gasteiger partial charge in [0.05, 0.1) is 11.9 Å². The van der Waals surface area contributed by atoms with Crippen molar-refractivity contribution in [1.29, 1.82) is 0 Å². The topological polar surface area (TPSA) is 30.2 Å². The van der Waals surface area contributed by atoms with Gasteiger partial charge in [0, 0.05) is 11.5 Å². The van der Waals surface area contributed by atoms with E-state index in [2.05, 4.69) is 52.1 Å². The molecule has 0 amide bonds. The molecule has 3 rings (SSSR count). The molecule has 0 bridgehead atoms. The van der Waals surface area contributed by atoms with Gasteiger partial charge in [-0.2, -0.15) is 5.10 Å². The number of benzene rings is 1. The predicted octanol–water partition coefficient (Wildman–Crippen LogP) is 4.98. The summed E-state index contributed by atoms with van der Waals surface area (Å²) >= 11 is 1.72. The van der Waals surface area contributed by atoms with Crippen LogP contribution in [0.2, 0.25) is 0 Å². The molecule has 21 heavy (non-hydrogen) atoms. The van der Waals surface area contributed by atoms with Gasteiger partial charge in [-0.1, -0.05) is 48.9 Å². The Morgan fingerprint density at radius 3 is 2.57 bits per heavy atom. The van der Waals surface area contributed by atoms with Crippen LogP contribution in [-0.4, -0.2) is 14.6 Å². The Hall–Kier alpha value is -1.68. The van der Waals surface area contributed by atoms with E-state index in [0.717, 1.165) is 23.5 Å². The molecule has 1 aromatic carbocycles. The lowest BCUT2D eigenvalue weighted by molar-refractivity contribution is 0.626. The zero-order chi connectivity index (χ0) is 15.0. The molecular formula is C17H21N3S. The average Bonchev–Trinajstić information content (AvgIpc) is 2.98. The molecule has 2 heterocycles. The van der Waals surface area contributed by atoms with Crippen molar-refractivity contribution >= 4 is 16.3 Å². The van der Waals surface area contributed by atoms with Crippen LogP contribution in [0.25, 0.3) is 16.2 Å². The van der Waals surface area contributed by atoms with Crippen LogP contribution in [0.4, 0.5) is 0 Å². The van der Waals surface area contributed by atoms with Gasteiger partial charge in [-0.25, -0.2) is 9.50 Å². The standard InChI is InChI=1S/C17H21N3S/c1-5-13(6-2)16-19-20-10-15(18-17(20)21-16)14-8-7-11(3)9-12(14)4/h7-10,13H,5-6H2,1-4H3. The van der Waals surface area contributed by atoms with E-state index in [-0.39, 0.29) is 0 Å². The smallest absolute Gasteiger partial charge is 0.212 e. The zero-order valence-corrected chi connectivity index (χ0v) is 13.9. The van der Waals surface area contributed by atoms with Crippen LogP contribution in [0.3, 0.4) is 0 Å². The third kappa shape index (κ3) is 2.60. The summed E-state index contributed by atoms with van der Waals surface area (Å²) in [5, 5.41) is 5.92. The number of imidazole rings is 1. The number of nitrogens with zero attached hydrogens (tertiary/aromatic N) is 3. The van der Waals surface area contributed by atoms with Crippen molar-refractivity contribution in [2.24, 2.45) is 0 Å². The van der Waals surface area contributed by atoms with E-state index >= 15 is 0 Å². The molecule has 0 fully saturated rings. The first-order chi connectivity index (χ1) is 10.1. The highest BCUT2D eigenvalue weighted by atomic mass is 32.1. The fourth-order valence-corrected chi connectivity index (χ4v) is 3.90. The van der Waals surface area contributed by atoms with E-state index in [1.54, 1.807) is 11.3 Å². The monoisotopic (exact) mass is 299 g/mol. The zero-order valence-electron chi connectivity index (χ0n) is 13.1. The van der Waals surface area contributed by atoms with E-state index in [9.17, 15) is 0 Å². The molecule has 0 unspecified atom stereocenters. The maximum atomic E-state index is 4.76. The fourth-order valence-electron chi connectivity index (χ4n) is 2.75. The number of hydrogen-bond acceptors (Lipinski definition) is 3. The third-order valence-corrected chi connectivity index (χ3v) is 5.14. The van der Waals surface area contributed by atoms with E-state index in [1.807, 2.05) is 4.52 Å². The maximum absolute atomic E-state index is 4.76. The minimum absolute atomic E-state index is 0.557. The molecule has 2 aromatic heterocycles. The molecule has 0 spiro atoms. The van der Waals surface area contributed by atoms with Crippen molar-refractivity contribution in [3.63, 3.8) is 0 Å². The Morgan fingerprint density at radius 2 is 1.95 bits per heavy atom. The molecule has 3 aromatic rings. The molecule has 0 aliphatic heterocycles. The largest absolute Gasteiger partial charge is 0.217 e. The highest BCUT2D eigenvalue weighted by Gasteiger charge is 2.15. The summed E-state index contributed by atoms with van der Waals surface area (Å²) in [6, 6.07) is 6.49. The Morgan fingerprint density at radius 1 is 1.19 bits per heavy atom. The fraction of sp³-hybridized carbons (Fsp3) is 0.412. The van der Waals surface area contributed by atoms with E-state index in [0.29, 0.717) is 5.92 Å². The average molecular weight is 299 g/mol. The van der Waals surface area contributed by atoms with E-state index in [4.69, 9.17) is 10.1 Å². The van der Waals surface area contributed by atoms with Gasteiger partial charge in [0.15, 0.2) is 0 Å². The predicted molar refractivity (Wildman–Crippen MR) is 89.1 cm³/mol. The summed E-state index contributed by atoms with van der Waals surface area (Å²) in [7, 11) is 0. The summed E-state index contributed by atoms with van der Waals surface area (Å²) in [5.41, 5.74) is 4.76. The van der Waals surface area contributed by atoms with Crippen LogP contribution >= 0.6 is 11.3 Å². The van der Waals surface area contributed by atoms with Gasteiger partial charge in [0.2, 0.25) is 4.96 Å². The Labute approximate surface area is 129 Å². The highest BCUT2D eigenvalue weighted by molar-refractivity contribution is 7.16. The summed E-state index contributed by atoms with van der Waals surface area (Å²) in [5.74, 6) is 0.557. The van der Waals surface area contributed by atoms with Gasteiger partial charge < -0.3 is 0 Å². The number of fused-ring (bicyclic) bond motifs is 1. The molecule has 0 aliphatic carbocycles. The highest BCUT2D eigenvalue weighted by Crippen LogP contribution is 2.30. The Bertz CT molecular complexity index is 734. The first kappa shape index (κ1) is 14.3. The molecule has 0 N–H and O–H groups in total. The van der Waals surface area contributed by atoms with Crippen molar-refractivity contribution < 1.29 is 0 Å². The molecule has 4 heteroatoms. The van der Waals surface area contributed by atoms with E-state index < -0.39 is 0 Å². The molecule has 0 radical (unpaired) electrons. The van der Waals surface area contributed by atoms with Crippen molar-refractivity contribution in [3.8, 4) is 11.3 Å². The van der Waals surface area contributed by atoms with Gasteiger partial charge in [-0.3, -0.25) is 0 Å². The minimum atomic E-state index is 0.557. The van der Waals surface area contributed by atoms with Crippen LogP contribution in [0.15, 0.2) is 24.4 Å². The first-order valence-electron chi connectivity index (χ1n) is 7.56. The lowest BCUT2D eigenvalue weighted by Gasteiger charge is -2.06. The molecule has 3 nitrogen and oxygen atoms in total. The second-order valence-electron chi connectivity index (χ2n) is 5.63. The second kappa shape index (κ2) is 5.60. The quantitative estimate of drug-likeness (QED) is 0.680. The second-order valence-corrected chi connectivity index (χ2v) is 6.61. The first-order valence-corrected chi connectivity index (χ1v) is 8.37. The van der Waals surface area contributed by atoms with Crippen LogP contribution in [0, 0.1) is 13.8 Å². The van der Waals surface area contributed by atoms with Crippen molar-refractivity contribution in [2.45, 2.75) is 46.5 Å². The number of aromatic nitrogens is 3. The van der Waals surface area contributed by atoms with Crippen molar-refractivity contribution in [1.82, 2.24) is 14.6 Å². The van der Waals surface area contributed by atoms with Crippen molar-refractivity contribution in [2.75, 3.05) is 0 Å². The van der Waals surface area contributed by atoms with Gasteiger partial charge in [-0.05, 0) is 32.3 Å². The molecular weight excluding hydrogens is 278 g/mol. The minimum Gasteiger partial charge on any atom is -0.217 e. The van der Waals surface area contributed by atoms with Gasteiger partial charge in [0.25, 0.3) is 0 Å². The molecule has 0 aliphatic rings. The Kier molecular flexibility index (Phi) is 3.81. The van der Waals surface area contributed by atoms with Gasteiger partial charge in [0.1, 0.15) is 5.01 Å². The van der Waals surface area contributed by atoms with Crippen LogP contribution in [0.5, 0.6) is 0 Å². The number of aryl methyl sites for hydroxylation is 2. The summed E-state index contributed by atoms with van der Waals surface area (Å²) in [6.45, 7) is 8.70. The van der Waals surface area contributed by atoms with Gasteiger partial charge >= 0.3 is 0 Å². The van der Waals surface area contributed by atoms with E-state index in [1.165, 1.54) is 21.7 Å². The van der Waals surface area contributed by atoms with Crippen LogP contribution < -0.4 is 0 Å². The summed E-state index contributed by atoms with van der Waals surface area (Å²) < 4.78 is 1.94. The van der Waals surface area contributed by atoms with Gasteiger partial charge in [-0.15, -0.1) is 0 Å². The molecule has 110 valence electrons. The summed E-state index contributed by atoms with van der Waals surface area (Å²) in [6.07, 6.45) is 4.32. The number of rotatable bonds is 4.